The number of hydrogen-bond donors (Lipinski definition) is 1. The number of nitrogens with zero attached hydrogens (tertiary/aromatic N) is 2. The quantitative estimate of drug-likeness (QED) is 0.356. The fourth-order valence-electron chi connectivity index (χ4n) is 6.30. The molecule has 1 N–H and O–H groups in total. The summed E-state index contributed by atoms with van der Waals surface area (Å²) in [5.74, 6) is -0.0161. The third-order valence-electron chi connectivity index (χ3n) is 8.37. The lowest BCUT2D eigenvalue weighted by Gasteiger charge is -2.35. The molecule has 8 nitrogen and oxygen atoms in total. The Hall–Kier alpha value is -3.02. The summed E-state index contributed by atoms with van der Waals surface area (Å²) in [4.78, 5) is 18.2. The van der Waals surface area contributed by atoms with Crippen molar-refractivity contribution >= 4 is 22.0 Å². The van der Waals surface area contributed by atoms with Crippen LogP contribution < -0.4 is 14.2 Å². The van der Waals surface area contributed by atoms with E-state index in [1.807, 2.05) is 6.92 Å². The Labute approximate surface area is 254 Å². The normalized spacial score (nSPS) is 21.5. The van der Waals surface area contributed by atoms with Gasteiger partial charge in [-0.2, -0.15) is 0 Å². The molecule has 1 heterocycles. The molecule has 1 aliphatic heterocycles. The van der Waals surface area contributed by atoms with Crippen molar-refractivity contribution < 1.29 is 31.5 Å². The lowest BCUT2D eigenvalue weighted by Crippen LogP contribution is -2.46. The second kappa shape index (κ2) is 14.6. The molecule has 2 aliphatic rings. The molecule has 1 aliphatic carbocycles. The van der Waals surface area contributed by atoms with Gasteiger partial charge in [0, 0.05) is 48.9 Å². The highest BCUT2D eigenvalue weighted by molar-refractivity contribution is 7.88. The molecule has 0 aromatic heterocycles. The first-order chi connectivity index (χ1) is 20.5. The molecule has 11 heteroatoms. The Morgan fingerprint density at radius 3 is 2.42 bits per heavy atom. The molecule has 1 amide bonds. The van der Waals surface area contributed by atoms with Crippen LogP contribution in [0.25, 0.3) is 6.08 Å². The molecule has 0 spiro atoms. The summed E-state index contributed by atoms with van der Waals surface area (Å²) < 4.78 is 64.7. The molecule has 2 fully saturated rings. The first-order valence-electron chi connectivity index (χ1n) is 14.8. The van der Waals surface area contributed by atoms with Crippen LogP contribution >= 0.6 is 0 Å². The number of carbonyl (C=O) groups excluding carboxylic acids is 1. The highest BCUT2D eigenvalue weighted by Crippen LogP contribution is 2.31. The van der Waals surface area contributed by atoms with E-state index in [1.165, 1.54) is 32.6 Å². The van der Waals surface area contributed by atoms with Crippen molar-refractivity contribution in [3.8, 4) is 11.5 Å². The Morgan fingerprint density at radius 2 is 1.77 bits per heavy atom. The van der Waals surface area contributed by atoms with Gasteiger partial charge in [-0.15, -0.1) is 0 Å². The minimum absolute atomic E-state index is 0.00377. The number of methoxy groups -OCH3 is 2. The van der Waals surface area contributed by atoms with E-state index in [-0.39, 0.29) is 30.1 Å². The van der Waals surface area contributed by atoms with Crippen molar-refractivity contribution in [1.82, 2.24) is 14.5 Å². The maximum atomic E-state index is 14.4. The molecule has 0 radical (unpaired) electrons. The third-order valence-corrected chi connectivity index (χ3v) is 9.13. The maximum absolute atomic E-state index is 14.4. The first-order valence-corrected chi connectivity index (χ1v) is 16.7. The van der Waals surface area contributed by atoms with E-state index in [0.717, 1.165) is 63.3 Å². The van der Waals surface area contributed by atoms with Gasteiger partial charge in [0.25, 0.3) is 5.91 Å². The second-order valence-corrected chi connectivity index (χ2v) is 13.6. The smallest absolute Gasteiger partial charge is 0.254 e. The molecule has 2 aromatic rings. The van der Waals surface area contributed by atoms with Crippen molar-refractivity contribution in [2.75, 3.05) is 46.7 Å². The number of likely N-dealkylation sites (tertiary alicyclic amines) is 1. The zero-order valence-electron chi connectivity index (χ0n) is 25.4. The van der Waals surface area contributed by atoms with Crippen LogP contribution in [0.1, 0.15) is 61.4 Å². The van der Waals surface area contributed by atoms with Crippen LogP contribution in [-0.4, -0.2) is 82.9 Å². The van der Waals surface area contributed by atoms with Gasteiger partial charge in [-0.25, -0.2) is 21.9 Å². The van der Waals surface area contributed by atoms with Crippen LogP contribution in [0.3, 0.4) is 0 Å². The Bertz CT molecular complexity index is 1410. The van der Waals surface area contributed by atoms with E-state index < -0.39 is 21.7 Å². The van der Waals surface area contributed by atoms with Gasteiger partial charge in [0.2, 0.25) is 10.0 Å². The van der Waals surface area contributed by atoms with Gasteiger partial charge in [-0.1, -0.05) is 11.6 Å². The molecule has 4 rings (SSSR count). The van der Waals surface area contributed by atoms with Gasteiger partial charge in [0.05, 0.1) is 20.5 Å². The van der Waals surface area contributed by atoms with Crippen LogP contribution in [-0.2, 0) is 10.0 Å². The van der Waals surface area contributed by atoms with Gasteiger partial charge in [0.1, 0.15) is 11.6 Å². The zero-order valence-corrected chi connectivity index (χ0v) is 26.3. The van der Waals surface area contributed by atoms with E-state index in [4.69, 9.17) is 9.47 Å². The predicted molar refractivity (Wildman–Crippen MR) is 164 cm³/mol. The SMILES string of the molecule is COc1ccc(C(=O)N(C/C(C)=C/c2ccc(F)cc2F)C[C@@H]2CCCN2CC2CCC(NS(C)(=O)=O)CC2)cc1OC. The molecule has 2 aromatic carbocycles. The van der Waals surface area contributed by atoms with E-state index in [2.05, 4.69) is 9.62 Å². The van der Waals surface area contributed by atoms with Crippen LogP contribution in [0.2, 0.25) is 0 Å². The third kappa shape index (κ3) is 9.23. The molecule has 43 heavy (non-hydrogen) atoms. The summed E-state index contributed by atoms with van der Waals surface area (Å²) in [5.41, 5.74) is 1.49. The monoisotopic (exact) mass is 619 g/mol. The molecule has 0 unspecified atom stereocenters. The number of benzene rings is 2. The van der Waals surface area contributed by atoms with Gasteiger partial charge in [0.15, 0.2) is 11.5 Å². The molecule has 0 bridgehead atoms. The van der Waals surface area contributed by atoms with Crippen LogP contribution in [0.5, 0.6) is 11.5 Å². The summed E-state index contributed by atoms with van der Waals surface area (Å²) in [7, 11) is -0.152. The molecular weight excluding hydrogens is 576 g/mol. The van der Waals surface area contributed by atoms with Crippen LogP contribution in [0.4, 0.5) is 8.78 Å². The zero-order chi connectivity index (χ0) is 31.1. The lowest BCUT2D eigenvalue weighted by atomic mass is 9.86. The van der Waals surface area contributed by atoms with Crippen molar-refractivity contribution in [1.29, 1.82) is 0 Å². The number of ether oxygens (including phenoxy) is 2. The largest absolute Gasteiger partial charge is 0.493 e. The molecule has 236 valence electrons. The number of rotatable bonds is 12. The van der Waals surface area contributed by atoms with Gasteiger partial charge >= 0.3 is 0 Å². The topological polar surface area (TPSA) is 88.2 Å². The number of carbonyl (C=O) groups is 1. The number of amides is 1. The van der Waals surface area contributed by atoms with E-state index in [1.54, 1.807) is 29.2 Å². The molecule has 1 saturated carbocycles. The summed E-state index contributed by atoms with van der Waals surface area (Å²) in [5, 5.41) is 0. The van der Waals surface area contributed by atoms with E-state index >= 15 is 0 Å². The van der Waals surface area contributed by atoms with Gasteiger partial charge in [-0.3, -0.25) is 9.69 Å². The predicted octanol–water partition coefficient (Wildman–Crippen LogP) is 5.10. The highest BCUT2D eigenvalue weighted by Gasteiger charge is 2.32. The molecule has 1 saturated heterocycles. The molecular formula is C32H43F2N3O5S. The fourth-order valence-corrected chi connectivity index (χ4v) is 7.14. The van der Waals surface area contributed by atoms with Gasteiger partial charge in [-0.05, 0) is 88.2 Å². The van der Waals surface area contributed by atoms with Gasteiger partial charge < -0.3 is 14.4 Å². The van der Waals surface area contributed by atoms with Crippen molar-refractivity contribution in [2.24, 2.45) is 5.92 Å². The Kier molecular flexibility index (Phi) is 11.2. The van der Waals surface area contributed by atoms with E-state index in [0.29, 0.717) is 29.5 Å². The summed E-state index contributed by atoms with van der Waals surface area (Å²) >= 11 is 0. The Morgan fingerprint density at radius 1 is 1.05 bits per heavy atom. The maximum Gasteiger partial charge on any atom is 0.254 e. The minimum atomic E-state index is -3.21. The molecule has 1 atom stereocenters. The number of nitrogens with one attached hydrogen (secondary N) is 1. The Balaban J connectivity index is 1.50. The van der Waals surface area contributed by atoms with Crippen LogP contribution in [0, 0.1) is 17.6 Å². The number of halogens is 2. The lowest BCUT2D eigenvalue weighted by molar-refractivity contribution is 0.0708. The summed E-state index contributed by atoms with van der Waals surface area (Å²) in [6.45, 7) is 4.46. The number of sulfonamides is 1. The standard InChI is InChI=1S/C32H43F2N3O5S/c1-22(16-24-9-11-26(33)18-29(24)34)19-37(32(38)25-10-14-30(41-2)31(17-25)42-3)21-28-6-5-15-36(28)20-23-7-12-27(13-8-23)35-43(4,39)40/h9-11,14,16-18,23,27-28,35H,5-8,12-13,15,19-21H2,1-4H3/b22-16+/t23?,27?,28-/m0/s1. The first kappa shape index (κ1) is 32.9. The number of hydrogen-bond acceptors (Lipinski definition) is 6. The second-order valence-electron chi connectivity index (χ2n) is 11.8. The van der Waals surface area contributed by atoms with Crippen molar-refractivity contribution in [2.45, 2.75) is 57.5 Å². The average molecular weight is 620 g/mol. The van der Waals surface area contributed by atoms with E-state index in [9.17, 15) is 22.0 Å². The summed E-state index contributed by atoms with van der Waals surface area (Å²) in [6, 6.07) is 8.71. The fraction of sp³-hybridized carbons (Fsp3) is 0.531. The average Bonchev–Trinajstić information content (AvgIpc) is 3.39. The minimum Gasteiger partial charge on any atom is -0.493 e. The van der Waals surface area contributed by atoms with Crippen molar-refractivity contribution in [3.05, 3.63) is 64.7 Å². The van der Waals surface area contributed by atoms with Crippen LogP contribution in [0.15, 0.2) is 42.0 Å². The van der Waals surface area contributed by atoms with Crippen molar-refractivity contribution in [3.63, 3.8) is 0 Å². The highest BCUT2D eigenvalue weighted by atomic mass is 32.2. The summed E-state index contributed by atoms with van der Waals surface area (Å²) in [6.07, 6.45) is 8.40.